The highest BCUT2D eigenvalue weighted by Crippen LogP contribution is 2.24. The third-order valence-corrected chi connectivity index (χ3v) is 4.68. The first-order chi connectivity index (χ1) is 10.1. The minimum atomic E-state index is 0.192. The predicted octanol–water partition coefficient (Wildman–Crippen LogP) is 2.25. The molecule has 114 valence electrons. The van der Waals surface area contributed by atoms with Gasteiger partial charge < -0.3 is 15.8 Å². The van der Waals surface area contributed by atoms with Crippen LogP contribution in [0.2, 0.25) is 5.02 Å². The van der Waals surface area contributed by atoms with E-state index in [1.54, 1.807) is 6.07 Å². The van der Waals surface area contributed by atoms with Gasteiger partial charge in [-0.15, -0.1) is 0 Å². The number of ether oxygens (including phenoxy) is 1. The molecule has 0 spiro atoms. The van der Waals surface area contributed by atoms with Gasteiger partial charge in [-0.25, -0.2) is 0 Å². The number of hydrogen-bond acceptors (Lipinski definition) is 4. The van der Waals surface area contributed by atoms with Gasteiger partial charge in [-0.2, -0.15) is 0 Å². The molecule has 0 radical (unpaired) electrons. The Morgan fingerprint density at radius 1 is 1.52 bits per heavy atom. The molecule has 2 aliphatic heterocycles. The summed E-state index contributed by atoms with van der Waals surface area (Å²) in [6.07, 6.45) is 2.74. The SMILES string of the molecule is NC(=S)c1ccc(Cl)cc1NCC1CN2CCCC2CO1. The molecule has 0 aliphatic carbocycles. The number of halogens is 1. The Kier molecular flexibility index (Phi) is 4.64. The molecule has 1 aromatic rings. The summed E-state index contributed by atoms with van der Waals surface area (Å²) in [6.45, 7) is 3.75. The number of hydrogen-bond donors (Lipinski definition) is 2. The van der Waals surface area contributed by atoms with Gasteiger partial charge in [0.2, 0.25) is 0 Å². The maximum atomic E-state index is 6.05. The molecular weight excluding hydrogens is 306 g/mol. The molecule has 2 unspecified atom stereocenters. The molecule has 0 saturated carbocycles. The largest absolute Gasteiger partial charge is 0.389 e. The summed E-state index contributed by atoms with van der Waals surface area (Å²) in [7, 11) is 0. The van der Waals surface area contributed by atoms with Gasteiger partial charge in [-0.05, 0) is 37.6 Å². The van der Waals surface area contributed by atoms with Crippen molar-refractivity contribution in [2.24, 2.45) is 5.73 Å². The number of anilines is 1. The van der Waals surface area contributed by atoms with Crippen molar-refractivity contribution in [2.75, 3.05) is 31.6 Å². The van der Waals surface area contributed by atoms with Crippen LogP contribution in [0.3, 0.4) is 0 Å². The van der Waals surface area contributed by atoms with E-state index in [9.17, 15) is 0 Å². The lowest BCUT2D eigenvalue weighted by atomic mass is 10.1. The van der Waals surface area contributed by atoms with Crippen molar-refractivity contribution >= 4 is 34.5 Å². The Morgan fingerprint density at radius 3 is 3.19 bits per heavy atom. The normalized spacial score (nSPS) is 25.6. The van der Waals surface area contributed by atoms with Crippen LogP contribution in [-0.4, -0.2) is 48.3 Å². The van der Waals surface area contributed by atoms with Crippen LogP contribution >= 0.6 is 23.8 Å². The van der Waals surface area contributed by atoms with Gasteiger partial charge in [0.1, 0.15) is 4.99 Å². The summed E-state index contributed by atoms with van der Waals surface area (Å²) in [5.74, 6) is 0. The first-order valence-electron chi connectivity index (χ1n) is 7.32. The minimum Gasteiger partial charge on any atom is -0.389 e. The van der Waals surface area contributed by atoms with Gasteiger partial charge in [0, 0.05) is 35.4 Å². The van der Waals surface area contributed by atoms with E-state index in [1.807, 2.05) is 12.1 Å². The van der Waals surface area contributed by atoms with Crippen LogP contribution in [0.4, 0.5) is 5.69 Å². The molecule has 4 nitrogen and oxygen atoms in total. The molecule has 2 saturated heterocycles. The van der Waals surface area contributed by atoms with E-state index >= 15 is 0 Å². The van der Waals surface area contributed by atoms with E-state index in [0.717, 1.165) is 30.9 Å². The zero-order chi connectivity index (χ0) is 14.8. The molecule has 0 amide bonds. The molecule has 0 aromatic heterocycles. The van der Waals surface area contributed by atoms with Crippen molar-refractivity contribution in [1.29, 1.82) is 0 Å². The Bertz CT molecular complexity index is 540. The number of benzene rings is 1. The van der Waals surface area contributed by atoms with Crippen molar-refractivity contribution in [3.8, 4) is 0 Å². The number of thiocarbonyl (C=S) groups is 1. The highest BCUT2D eigenvalue weighted by atomic mass is 35.5. The van der Waals surface area contributed by atoms with Gasteiger partial charge in [-0.3, -0.25) is 4.90 Å². The molecule has 2 heterocycles. The van der Waals surface area contributed by atoms with E-state index in [4.69, 9.17) is 34.3 Å². The number of nitrogens with one attached hydrogen (secondary N) is 1. The molecule has 3 rings (SSSR count). The fourth-order valence-electron chi connectivity index (χ4n) is 3.11. The van der Waals surface area contributed by atoms with Gasteiger partial charge >= 0.3 is 0 Å². The summed E-state index contributed by atoms with van der Waals surface area (Å²) in [6, 6.07) is 6.13. The van der Waals surface area contributed by atoms with E-state index < -0.39 is 0 Å². The van der Waals surface area contributed by atoms with Crippen LogP contribution in [0.15, 0.2) is 18.2 Å². The van der Waals surface area contributed by atoms with Crippen LogP contribution in [-0.2, 0) is 4.74 Å². The minimum absolute atomic E-state index is 0.192. The van der Waals surface area contributed by atoms with Gasteiger partial charge in [0.25, 0.3) is 0 Å². The quantitative estimate of drug-likeness (QED) is 0.832. The lowest BCUT2D eigenvalue weighted by molar-refractivity contribution is -0.0415. The van der Waals surface area contributed by atoms with Crippen LogP contribution in [0, 0.1) is 0 Å². The molecule has 3 N–H and O–H groups in total. The standard InChI is InChI=1S/C15H20ClN3OS/c16-10-3-4-13(15(17)21)14(6-10)18-7-12-8-19-5-1-2-11(19)9-20-12/h3-4,6,11-12,18H,1-2,5,7-9H2,(H2,17,21). The van der Waals surface area contributed by atoms with Crippen molar-refractivity contribution in [1.82, 2.24) is 4.90 Å². The van der Waals surface area contributed by atoms with Crippen LogP contribution in [0.1, 0.15) is 18.4 Å². The number of rotatable bonds is 4. The van der Waals surface area contributed by atoms with E-state index in [-0.39, 0.29) is 6.10 Å². The average molecular weight is 326 g/mol. The molecular formula is C15H20ClN3OS. The molecule has 2 atom stereocenters. The number of nitrogens with two attached hydrogens (primary N) is 1. The molecule has 21 heavy (non-hydrogen) atoms. The Hall–Kier alpha value is -0.880. The topological polar surface area (TPSA) is 50.5 Å². The second kappa shape index (κ2) is 6.48. The number of fused-ring (bicyclic) bond motifs is 1. The smallest absolute Gasteiger partial charge is 0.106 e. The van der Waals surface area contributed by atoms with Crippen LogP contribution < -0.4 is 11.1 Å². The fourth-order valence-corrected chi connectivity index (χ4v) is 3.46. The Labute approximate surface area is 135 Å². The van der Waals surface area contributed by atoms with Gasteiger partial charge in [0.05, 0.1) is 12.7 Å². The second-order valence-corrected chi connectivity index (χ2v) is 6.56. The van der Waals surface area contributed by atoms with Crippen molar-refractivity contribution in [2.45, 2.75) is 25.0 Å². The van der Waals surface area contributed by atoms with Gasteiger partial charge in [0.15, 0.2) is 0 Å². The molecule has 2 aliphatic rings. The monoisotopic (exact) mass is 325 g/mol. The highest BCUT2D eigenvalue weighted by Gasteiger charge is 2.32. The van der Waals surface area contributed by atoms with Gasteiger partial charge in [-0.1, -0.05) is 23.8 Å². The van der Waals surface area contributed by atoms with Crippen molar-refractivity contribution in [3.05, 3.63) is 28.8 Å². The lowest BCUT2D eigenvalue weighted by Gasteiger charge is -2.35. The van der Waals surface area contributed by atoms with E-state index in [1.165, 1.54) is 19.4 Å². The fraction of sp³-hybridized carbons (Fsp3) is 0.533. The lowest BCUT2D eigenvalue weighted by Crippen LogP contribution is -2.48. The summed E-state index contributed by atoms with van der Waals surface area (Å²) >= 11 is 11.1. The third-order valence-electron chi connectivity index (χ3n) is 4.23. The summed E-state index contributed by atoms with van der Waals surface area (Å²) < 4.78 is 5.94. The zero-order valence-electron chi connectivity index (χ0n) is 11.8. The molecule has 6 heteroatoms. The molecule has 1 aromatic carbocycles. The number of nitrogens with zero attached hydrogens (tertiary/aromatic N) is 1. The van der Waals surface area contributed by atoms with E-state index in [2.05, 4.69) is 10.2 Å². The Morgan fingerprint density at radius 2 is 2.38 bits per heavy atom. The zero-order valence-corrected chi connectivity index (χ0v) is 13.4. The number of morpholine rings is 1. The first-order valence-corrected chi connectivity index (χ1v) is 8.11. The van der Waals surface area contributed by atoms with Crippen molar-refractivity contribution in [3.63, 3.8) is 0 Å². The first kappa shape index (κ1) is 15.0. The molecule has 2 fully saturated rings. The Balaban J connectivity index is 1.62. The maximum Gasteiger partial charge on any atom is 0.106 e. The summed E-state index contributed by atoms with van der Waals surface area (Å²) in [4.78, 5) is 2.90. The highest BCUT2D eigenvalue weighted by molar-refractivity contribution is 7.80. The predicted molar refractivity (Wildman–Crippen MR) is 90.2 cm³/mol. The average Bonchev–Trinajstić information content (AvgIpc) is 2.92. The van der Waals surface area contributed by atoms with Crippen molar-refractivity contribution < 1.29 is 4.74 Å². The van der Waals surface area contributed by atoms with E-state index in [0.29, 0.717) is 16.1 Å². The van der Waals surface area contributed by atoms with Crippen LogP contribution in [0.25, 0.3) is 0 Å². The second-order valence-electron chi connectivity index (χ2n) is 5.68. The summed E-state index contributed by atoms with van der Waals surface area (Å²) in [5.41, 5.74) is 7.45. The molecule has 0 bridgehead atoms. The maximum absolute atomic E-state index is 6.05. The third kappa shape index (κ3) is 3.48. The summed E-state index contributed by atoms with van der Waals surface area (Å²) in [5, 5.41) is 4.05. The van der Waals surface area contributed by atoms with Crippen LogP contribution in [0.5, 0.6) is 0 Å².